The van der Waals surface area contributed by atoms with Crippen LogP contribution < -0.4 is 0 Å². The van der Waals surface area contributed by atoms with Crippen LogP contribution in [0.1, 0.15) is 12.8 Å². The zero-order chi connectivity index (χ0) is 9.69. The maximum Gasteiger partial charge on any atom is 0.412 e. The van der Waals surface area contributed by atoms with Gasteiger partial charge in [0.1, 0.15) is 11.9 Å². The Bertz CT molecular complexity index is 328. The number of hydrogen-bond donors (Lipinski definition) is 0. The van der Waals surface area contributed by atoms with Gasteiger partial charge in [0.05, 0.1) is 0 Å². The first-order valence-electron chi connectivity index (χ1n) is 3.60. The van der Waals surface area contributed by atoms with E-state index in [1.165, 1.54) is 0 Å². The second-order valence-electron chi connectivity index (χ2n) is 3.00. The highest BCUT2D eigenvalue weighted by molar-refractivity contribution is 6.28. The zero-order valence-electron chi connectivity index (χ0n) is 6.35. The van der Waals surface area contributed by atoms with E-state index >= 15 is 0 Å². The summed E-state index contributed by atoms with van der Waals surface area (Å²) in [5.74, 6) is 0. The molecular formula is C6H5ClF3N3. The Hall–Kier alpha value is -0.780. The van der Waals surface area contributed by atoms with Crippen molar-refractivity contribution in [2.45, 2.75) is 24.6 Å². The van der Waals surface area contributed by atoms with E-state index in [2.05, 4.69) is 10.2 Å². The normalized spacial score (nSPS) is 20.3. The molecule has 0 radical (unpaired) electrons. The molecule has 1 aliphatic rings. The Morgan fingerprint density at radius 1 is 1.46 bits per heavy atom. The van der Waals surface area contributed by atoms with Crippen molar-refractivity contribution in [1.29, 1.82) is 0 Å². The van der Waals surface area contributed by atoms with Crippen LogP contribution in [0.15, 0.2) is 6.33 Å². The summed E-state index contributed by atoms with van der Waals surface area (Å²) < 4.78 is 38.4. The van der Waals surface area contributed by atoms with Crippen LogP contribution >= 0.6 is 11.6 Å². The Morgan fingerprint density at radius 3 is 2.38 bits per heavy atom. The van der Waals surface area contributed by atoms with Crippen molar-refractivity contribution in [2.75, 3.05) is 0 Å². The van der Waals surface area contributed by atoms with E-state index in [-0.39, 0.29) is 18.1 Å². The molecule has 72 valence electrons. The zero-order valence-corrected chi connectivity index (χ0v) is 7.10. The monoisotopic (exact) mass is 211 g/mol. The van der Waals surface area contributed by atoms with Crippen molar-refractivity contribution in [3.63, 3.8) is 0 Å². The third-order valence-corrected chi connectivity index (χ3v) is 2.48. The molecule has 1 saturated carbocycles. The van der Waals surface area contributed by atoms with Crippen molar-refractivity contribution >= 4 is 11.6 Å². The van der Waals surface area contributed by atoms with Crippen LogP contribution in [0.4, 0.5) is 13.2 Å². The van der Waals surface area contributed by atoms with Crippen LogP contribution in [-0.4, -0.2) is 20.9 Å². The van der Waals surface area contributed by atoms with E-state index in [4.69, 9.17) is 11.6 Å². The number of hydrogen-bond acceptors (Lipinski definition) is 2. The van der Waals surface area contributed by atoms with Gasteiger partial charge < -0.3 is 0 Å². The third kappa shape index (κ3) is 1.12. The maximum absolute atomic E-state index is 12.5. The summed E-state index contributed by atoms with van der Waals surface area (Å²) in [7, 11) is 0. The highest BCUT2D eigenvalue weighted by atomic mass is 35.5. The van der Waals surface area contributed by atoms with Crippen LogP contribution in [0.5, 0.6) is 0 Å². The van der Waals surface area contributed by atoms with Crippen molar-refractivity contribution < 1.29 is 13.2 Å². The molecule has 0 bridgehead atoms. The lowest BCUT2D eigenvalue weighted by molar-refractivity contribution is -0.179. The number of nitrogens with zero attached hydrogens (tertiary/aromatic N) is 3. The minimum Gasteiger partial charge on any atom is -0.289 e. The lowest BCUT2D eigenvalue weighted by Gasteiger charge is -2.20. The summed E-state index contributed by atoms with van der Waals surface area (Å²) in [6, 6.07) is 0. The number of rotatable bonds is 1. The Balaban J connectivity index is 2.42. The molecule has 3 nitrogen and oxygen atoms in total. The van der Waals surface area contributed by atoms with Crippen molar-refractivity contribution in [1.82, 2.24) is 14.8 Å². The van der Waals surface area contributed by atoms with Crippen LogP contribution in [0.3, 0.4) is 0 Å². The van der Waals surface area contributed by atoms with Gasteiger partial charge in [-0.15, -0.1) is 10.2 Å². The minimum atomic E-state index is -4.28. The smallest absolute Gasteiger partial charge is 0.289 e. The summed E-state index contributed by atoms with van der Waals surface area (Å²) in [6.07, 6.45) is -3.16. The van der Waals surface area contributed by atoms with E-state index in [0.717, 1.165) is 10.9 Å². The van der Waals surface area contributed by atoms with Gasteiger partial charge in [-0.2, -0.15) is 13.2 Å². The van der Waals surface area contributed by atoms with Gasteiger partial charge >= 0.3 is 6.18 Å². The van der Waals surface area contributed by atoms with Crippen LogP contribution in [0.25, 0.3) is 0 Å². The molecule has 1 aliphatic carbocycles. The topological polar surface area (TPSA) is 30.7 Å². The lowest BCUT2D eigenvalue weighted by atomic mass is 10.2. The highest BCUT2D eigenvalue weighted by Gasteiger charge is 2.65. The van der Waals surface area contributed by atoms with E-state index in [1.54, 1.807) is 0 Å². The van der Waals surface area contributed by atoms with Crippen molar-refractivity contribution in [3.8, 4) is 0 Å². The summed E-state index contributed by atoms with van der Waals surface area (Å²) in [5, 5.41) is 6.42. The first-order valence-corrected chi connectivity index (χ1v) is 3.98. The molecule has 1 fully saturated rings. The number of halogens is 4. The molecule has 7 heteroatoms. The largest absolute Gasteiger partial charge is 0.412 e. The molecule has 0 amide bonds. The minimum absolute atomic E-state index is 0.0499. The molecule has 0 N–H and O–H groups in total. The Morgan fingerprint density at radius 2 is 2.08 bits per heavy atom. The molecule has 2 rings (SSSR count). The predicted octanol–water partition coefficient (Wildman–Crippen LogP) is 1.98. The second kappa shape index (κ2) is 2.37. The molecule has 1 aromatic rings. The average Bonchev–Trinajstić information content (AvgIpc) is 2.70. The van der Waals surface area contributed by atoms with E-state index in [9.17, 15) is 13.2 Å². The Kier molecular flexibility index (Phi) is 1.61. The van der Waals surface area contributed by atoms with Gasteiger partial charge in [-0.05, 0) is 24.4 Å². The molecule has 0 spiro atoms. The summed E-state index contributed by atoms with van der Waals surface area (Å²) in [5.41, 5.74) is -1.84. The fraction of sp³-hybridized carbons (Fsp3) is 0.667. The molecular weight excluding hydrogens is 207 g/mol. The van der Waals surface area contributed by atoms with E-state index in [0.29, 0.717) is 0 Å². The van der Waals surface area contributed by atoms with Crippen LogP contribution in [0, 0.1) is 0 Å². The van der Waals surface area contributed by atoms with Gasteiger partial charge in [0, 0.05) is 0 Å². The van der Waals surface area contributed by atoms with E-state index < -0.39 is 11.7 Å². The highest BCUT2D eigenvalue weighted by Crippen LogP contribution is 2.55. The van der Waals surface area contributed by atoms with Gasteiger partial charge in [0.2, 0.25) is 5.28 Å². The quantitative estimate of drug-likeness (QED) is 0.711. The third-order valence-electron chi connectivity index (χ3n) is 2.22. The predicted molar refractivity (Wildman–Crippen MR) is 38.3 cm³/mol. The first kappa shape index (κ1) is 8.80. The lowest BCUT2D eigenvalue weighted by Crippen LogP contribution is -2.34. The second-order valence-corrected chi connectivity index (χ2v) is 3.34. The van der Waals surface area contributed by atoms with Gasteiger partial charge in [0.25, 0.3) is 0 Å². The van der Waals surface area contributed by atoms with Gasteiger partial charge in [-0.1, -0.05) is 0 Å². The summed E-state index contributed by atoms with van der Waals surface area (Å²) in [6.45, 7) is 0. The molecule has 0 aromatic carbocycles. The number of alkyl halides is 3. The fourth-order valence-corrected chi connectivity index (χ4v) is 1.54. The van der Waals surface area contributed by atoms with E-state index in [1.807, 2.05) is 0 Å². The Labute approximate surface area is 76.5 Å². The average molecular weight is 212 g/mol. The SMILES string of the molecule is FC(F)(F)C1(n2cnnc2Cl)CC1. The molecule has 1 aromatic heterocycles. The molecule has 13 heavy (non-hydrogen) atoms. The van der Waals surface area contributed by atoms with Crippen molar-refractivity contribution in [3.05, 3.63) is 11.6 Å². The first-order chi connectivity index (χ1) is 5.97. The molecule has 0 aliphatic heterocycles. The van der Waals surface area contributed by atoms with Gasteiger partial charge in [-0.25, -0.2) is 0 Å². The van der Waals surface area contributed by atoms with Gasteiger partial charge in [-0.3, -0.25) is 4.57 Å². The molecule has 0 unspecified atom stereocenters. The summed E-state index contributed by atoms with van der Waals surface area (Å²) >= 11 is 5.46. The standard InChI is InChI=1S/C6H5ClF3N3/c7-4-12-11-3-13(4)5(1-2-5)6(8,9)10/h3H,1-2H2. The molecule has 0 atom stereocenters. The van der Waals surface area contributed by atoms with Crippen molar-refractivity contribution in [2.24, 2.45) is 0 Å². The summed E-state index contributed by atoms with van der Waals surface area (Å²) in [4.78, 5) is 0. The fourth-order valence-electron chi connectivity index (χ4n) is 1.29. The number of aromatic nitrogens is 3. The van der Waals surface area contributed by atoms with Crippen LogP contribution in [-0.2, 0) is 5.54 Å². The molecule has 1 heterocycles. The molecule has 0 saturated heterocycles. The van der Waals surface area contributed by atoms with Gasteiger partial charge in [0.15, 0.2) is 0 Å². The van der Waals surface area contributed by atoms with Crippen LogP contribution in [0.2, 0.25) is 5.28 Å². The maximum atomic E-state index is 12.5.